The molecule has 1 aliphatic rings. The van der Waals surface area contributed by atoms with Gasteiger partial charge in [0.15, 0.2) is 0 Å². The molecule has 1 saturated heterocycles. The van der Waals surface area contributed by atoms with Crippen LogP contribution >= 0.6 is 0 Å². The zero-order valence-electron chi connectivity index (χ0n) is 14.6. The van der Waals surface area contributed by atoms with Gasteiger partial charge in [-0.25, -0.2) is 0 Å². The molecule has 1 aromatic carbocycles. The van der Waals surface area contributed by atoms with Crippen molar-refractivity contribution in [1.29, 1.82) is 0 Å². The van der Waals surface area contributed by atoms with Crippen LogP contribution in [0.5, 0.6) is 0 Å². The highest BCUT2D eigenvalue weighted by Crippen LogP contribution is 2.19. The van der Waals surface area contributed by atoms with E-state index in [1.54, 1.807) is 6.26 Å². The molecule has 0 radical (unpaired) electrons. The quantitative estimate of drug-likeness (QED) is 0.847. The van der Waals surface area contributed by atoms with Crippen LogP contribution in [-0.4, -0.2) is 35.6 Å². The summed E-state index contributed by atoms with van der Waals surface area (Å²) in [6.07, 6.45) is 3.72. The molecule has 2 N–H and O–H groups in total. The standard InChI is InChI=1S/C20H26N2O3/c1-15(19-3-2-12-25-19)21-20(24)18-6-4-16(5-7-18)13-22-10-8-17(14-23)9-11-22/h2-7,12,15,17,23H,8-11,13-14H2,1H3,(H,21,24)/t15-/m0/s1. The predicted molar refractivity (Wildman–Crippen MR) is 96.1 cm³/mol. The van der Waals surface area contributed by atoms with E-state index >= 15 is 0 Å². The Morgan fingerprint density at radius 2 is 2.00 bits per heavy atom. The minimum atomic E-state index is -0.157. The molecule has 0 aliphatic carbocycles. The van der Waals surface area contributed by atoms with E-state index in [0.29, 0.717) is 18.1 Å². The van der Waals surface area contributed by atoms with Gasteiger partial charge in [-0.1, -0.05) is 12.1 Å². The van der Waals surface area contributed by atoms with Gasteiger partial charge in [0.05, 0.1) is 12.3 Å². The van der Waals surface area contributed by atoms with Gasteiger partial charge in [0, 0.05) is 18.7 Å². The number of carbonyl (C=O) groups is 1. The van der Waals surface area contributed by atoms with Crippen molar-refractivity contribution >= 4 is 5.91 Å². The Bertz CT molecular complexity index is 659. The van der Waals surface area contributed by atoms with Crippen LogP contribution in [-0.2, 0) is 6.54 Å². The van der Waals surface area contributed by atoms with Crippen LogP contribution < -0.4 is 5.32 Å². The van der Waals surface area contributed by atoms with Crippen molar-refractivity contribution in [2.24, 2.45) is 5.92 Å². The number of likely N-dealkylation sites (tertiary alicyclic amines) is 1. The lowest BCUT2D eigenvalue weighted by Gasteiger charge is -2.31. The van der Waals surface area contributed by atoms with E-state index in [0.717, 1.165) is 38.2 Å². The van der Waals surface area contributed by atoms with Crippen LogP contribution in [0.3, 0.4) is 0 Å². The van der Waals surface area contributed by atoms with Gasteiger partial charge in [0.25, 0.3) is 5.91 Å². The van der Waals surface area contributed by atoms with Crippen LogP contribution in [0.2, 0.25) is 0 Å². The molecule has 2 heterocycles. The molecule has 1 amide bonds. The van der Waals surface area contributed by atoms with E-state index in [9.17, 15) is 9.90 Å². The minimum absolute atomic E-state index is 0.0980. The molecule has 1 atom stereocenters. The highest BCUT2D eigenvalue weighted by atomic mass is 16.3. The van der Waals surface area contributed by atoms with Crippen LogP contribution in [0.25, 0.3) is 0 Å². The summed E-state index contributed by atoms with van der Waals surface area (Å²) < 4.78 is 5.32. The third-order valence-corrected chi connectivity index (χ3v) is 4.91. The van der Waals surface area contributed by atoms with Gasteiger partial charge < -0.3 is 14.8 Å². The van der Waals surface area contributed by atoms with Gasteiger partial charge in [-0.15, -0.1) is 0 Å². The minimum Gasteiger partial charge on any atom is -0.467 e. The Morgan fingerprint density at radius 3 is 2.60 bits per heavy atom. The Balaban J connectivity index is 1.52. The largest absolute Gasteiger partial charge is 0.467 e. The lowest BCUT2D eigenvalue weighted by Crippen LogP contribution is -2.34. The lowest BCUT2D eigenvalue weighted by molar-refractivity contribution is 0.0935. The van der Waals surface area contributed by atoms with Gasteiger partial charge in [-0.05, 0) is 68.6 Å². The first-order valence-corrected chi connectivity index (χ1v) is 8.92. The van der Waals surface area contributed by atoms with Crippen molar-refractivity contribution in [3.63, 3.8) is 0 Å². The van der Waals surface area contributed by atoms with Crippen molar-refractivity contribution in [2.75, 3.05) is 19.7 Å². The van der Waals surface area contributed by atoms with Gasteiger partial charge in [-0.2, -0.15) is 0 Å². The maximum Gasteiger partial charge on any atom is 0.251 e. The maximum atomic E-state index is 12.3. The maximum absolute atomic E-state index is 12.3. The second-order valence-electron chi connectivity index (χ2n) is 6.81. The molecule has 3 rings (SSSR count). The summed E-state index contributed by atoms with van der Waals surface area (Å²) in [6, 6.07) is 11.3. The van der Waals surface area contributed by atoms with Crippen LogP contribution in [0, 0.1) is 5.92 Å². The molecule has 0 bridgehead atoms. The number of furan rings is 1. The summed E-state index contributed by atoms with van der Waals surface area (Å²) in [5.74, 6) is 1.11. The predicted octanol–water partition coefficient (Wildman–Crippen LogP) is 2.97. The fraction of sp³-hybridized carbons (Fsp3) is 0.450. The first-order chi connectivity index (χ1) is 12.2. The lowest BCUT2D eigenvalue weighted by atomic mass is 9.97. The summed E-state index contributed by atoms with van der Waals surface area (Å²) in [7, 11) is 0. The molecule has 0 unspecified atom stereocenters. The van der Waals surface area contributed by atoms with Gasteiger partial charge in [0.1, 0.15) is 5.76 Å². The number of carbonyl (C=O) groups excluding carboxylic acids is 1. The van der Waals surface area contributed by atoms with Crippen LogP contribution in [0.15, 0.2) is 47.1 Å². The fourth-order valence-electron chi connectivity index (χ4n) is 3.24. The Hall–Kier alpha value is -2.11. The summed E-state index contributed by atoms with van der Waals surface area (Å²) in [4.78, 5) is 14.7. The van der Waals surface area contributed by atoms with Crippen molar-refractivity contribution in [2.45, 2.75) is 32.4 Å². The third-order valence-electron chi connectivity index (χ3n) is 4.91. The highest BCUT2D eigenvalue weighted by Gasteiger charge is 2.18. The van der Waals surface area contributed by atoms with Crippen molar-refractivity contribution in [3.8, 4) is 0 Å². The zero-order chi connectivity index (χ0) is 17.6. The van der Waals surface area contributed by atoms with Crippen LogP contribution in [0.4, 0.5) is 0 Å². The van der Waals surface area contributed by atoms with Crippen molar-refractivity contribution < 1.29 is 14.3 Å². The Kier molecular flexibility index (Phi) is 5.89. The number of piperidine rings is 1. The van der Waals surface area contributed by atoms with Gasteiger partial charge >= 0.3 is 0 Å². The second-order valence-corrected chi connectivity index (χ2v) is 6.81. The van der Waals surface area contributed by atoms with Crippen molar-refractivity contribution in [1.82, 2.24) is 10.2 Å². The Labute approximate surface area is 148 Å². The topological polar surface area (TPSA) is 65.7 Å². The summed E-state index contributed by atoms with van der Waals surface area (Å²) in [6.45, 7) is 5.14. The molecule has 5 heteroatoms. The van der Waals surface area contributed by atoms with E-state index in [-0.39, 0.29) is 11.9 Å². The van der Waals surface area contributed by atoms with Crippen molar-refractivity contribution in [3.05, 3.63) is 59.5 Å². The number of hydrogen-bond acceptors (Lipinski definition) is 4. The molecule has 134 valence electrons. The molecule has 25 heavy (non-hydrogen) atoms. The molecule has 1 aliphatic heterocycles. The summed E-state index contributed by atoms with van der Waals surface area (Å²) in [5, 5.41) is 12.2. The summed E-state index contributed by atoms with van der Waals surface area (Å²) in [5.41, 5.74) is 1.86. The van der Waals surface area contributed by atoms with E-state index in [1.807, 2.05) is 43.3 Å². The number of amides is 1. The summed E-state index contributed by atoms with van der Waals surface area (Å²) >= 11 is 0. The second kappa shape index (κ2) is 8.32. The van der Waals surface area contributed by atoms with E-state index in [4.69, 9.17) is 4.42 Å². The number of aliphatic hydroxyl groups excluding tert-OH is 1. The molecule has 2 aromatic rings. The zero-order valence-corrected chi connectivity index (χ0v) is 14.6. The molecular formula is C20H26N2O3. The average molecular weight is 342 g/mol. The number of nitrogens with one attached hydrogen (secondary N) is 1. The fourth-order valence-corrected chi connectivity index (χ4v) is 3.24. The number of hydrogen-bond donors (Lipinski definition) is 2. The highest BCUT2D eigenvalue weighted by molar-refractivity contribution is 5.94. The van der Waals surface area contributed by atoms with E-state index < -0.39 is 0 Å². The Morgan fingerprint density at radius 1 is 1.28 bits per heavy atom. The average Bonchev–Trinajstić information content (AvgIpc) is 3.18. The smallest absolute Gasteiger partial charge is 0.251 e. The third kappa shape index (κ3) is 4.71. The van der Waals surface area contributed by atoms with Gasteiger partial charge in [-0.3, -0.25) is 9.69 Å². The molecule has 0 saturated carbocycles. The molecule has 0 spiro atoms. The molecule has 1 fully saturated rings. The van der Waals surface area contributed by atoms with Crippen LogP contribution in [0.1, 0.15) is 47.5 Å². The molecule has 1 aromatic heterocycles. The molecular weight excluding hydrogens is 316 g/mol. The normalized spacial score (nSPS) is 17.4. The SMILES string of the molecule is C[C@H](NC(=O)c1ccc(CN2CCC(CO)CC2)cc1)c1ccco1. The first-order valence-electron chi connectivity index (χ1n) is 8.92. The van der Waals surface area contributed by atoms with E-state index in [2.05, 4.69) is 10.2 Å². The first kappa shape index (κ1) is 17.7. The number of nitrogens with zero attached hydrogens (tertiary/aromatic N) is 1. The van der Waals surface area contributed by atoms with E-state index in [1.165, 1.54) is 5.56 Å². The number of rotatable bonds is 6. The monoisotopic (exact) mass is 342 g/mol. The van der Waals surface area contributed by atoms with Gasteiger partial charge in [0.2, 0.25) is 0 Å². The number of benzene rings is 1. The number of aliphatic hydroxyl groups is 1. The molecule has 5 nitrogen and oxygen atoms in total.